The lowest BCUT2D eigenvalue weighted by Gasteiger charge is -2.09. The van der Waals surface area contributed by atoms with Gasteiger partial charge in [0.2, 0.25) is 0 Å². The van der Waals surface area contributed by atoms with Gasteiger partial charge in [-0.25, -0.2) is 0 Å². The Hall–Kier alpha value is -1.09. The van der Waals surface area contributed by atoms with Crippen molar-refractivity contribution < 1.29 is 4.74 Å². The fraction of sp³-hybridized carbons (Fsp3) is 0.643. The molecule has 0 unspecified atom stereocenters. The van der Waals surface area contributed by atoms with E-state index in [4.69, 9.17) is 4.74 Å². The van der Waals surface area contributed by atoms with Crippen LogP contribution in [0.5, 0.6) is 5.75 Å². The molecule has 1 rings (SSSR count). The molecule has 0 fully saturated rings. The van der Waals surface area contributed by atoms with Gasteiger partial charge in [0, 0.05) is 12.2 Å². The lowest BCUT2D eigenvalue weighted by Crippen LogP contribution is -2.23. The number of aromatic nitrogens is 1. The van der Waals surface area contributed by atoms with Gasteiger partial charge < -0.3 is 10.1 Å². The van der Waals surface area contributed by atoms with Crippen LogP contribution < -0.4 is 10.1 Å². The van der Waals surface area contributed by atoms with Crippen molar-refractivity contribution in [1.29, 1.82) is 0 Å². The number of hydrogen-bond donors (Lipinski definition) is 1. The summed E-state index contributed by atoms with van der Waals surface area (Å²) in [7, 11) is 0. The van der Waals surface area contributed by atoms with Crippen molar-refractivity contribution in [3.05, 3.63) is 24.0 Å². The van der Waals surface area contributed by atoms with Gasteiger partial charge in [-0.2, -0.15) is 0 Å². The number of aryl methyl sites for hydroxylation is 1. The van der Waals surface area contributed by atoms with Crippen molar-refractivity contribution in [3.8, 4) is 5.75 Å². The van der Waals surface area contributed by atoms with Crippen molar-refractivity contribution in [2.24, 2.45) is 0 Å². The maximum atomic E-state index is 5.68. The van der Waals surface area contributed by atoms with E-state index in [-0.39, 0.29) is 0 Å². The van der Waals surface area contributed by atoms with E-state index >= 15 is 0 Å². The van der Waals surface area contributed by atoms with Crippen LogP contribution >= 0.6 is 0 Å². The molecule has 0 saturated carbocycles. The average molecular weight is 236 g/mol. The Kier molecular flexibility index (Phi) is 6.63. The van der Waals surface area contributed by atoms with Gasteiger partial charge in [0.25, 0.3) is 0 Å². The van der Waals surface area contributed by atoms with Gasteiger partial charge in [-0.15, -0.1) is 0 Å². The molecule has 96 valence electrons. The first kappa shape index (κ1) is 14.0. The van der Waals surface area contributed by atoms with Crippen molar-refractivity contribution in [2.45, 2.75) is 46.1 Å². The van der Waals surface area contributed by atoms with E-state index in [0.717, 1.165) is 31.0 Å². The zero-order chi connectivity index (χ0) is 12.5. The summed E-state index contributed by atoms with van der Waals surface area (Å²) in [5, 5.41) is 3.41. The highest BCUT2D eigenvalue weighted by molar-refractivity contribution is 5.25. The zero-order valence-electron chi connectivity index (χ0n) is 11.2. The first-order valence-corrected chi connectivity index (χ1v) is 6.48. The van der Waals surface area contributed by atoms with Gasteiger partial charge >= 0.3 is 0 Å². The third-order valence-electron chi connectivity index (χ3n) is 2.59. The van der Waals surface area contributed by atoms with Crippen LogP contribution in [-0.2, 0) is 0 Å². The highest BCUT2D eigenvalue weighted by Crippen LogP contribution is 2.13. The summed E-state index contributed by atoms with van der Waals surface area (Å²) in [6.07, 6.45) is 5.32. The number of unbranched alkanes of at least 4 members (excludes halogenated alkanes) is 2. The average Bonchev–Trinajstić information content (AvgIpc) is 2.30. The second kappa shape index (κ2) is 8.07. The Balaban J connectivity index is 2.03. The third kappa shape index (κ3) is 6.27. The van der Waals surface area contributed by atoms with E-state index in [9.17, 15) is 0 Å². The highest BCUT2D eigenvalue weighted by Gasteiger charge is 1.98. The summed E-state index contributed by atoms with van der Waals surface area (Å²) in [5.74, 6) is 0.910. The zero-order valence-corrected chi connectivity index (χ0v) is 11.2. The topological polar surface area (TPSA) is 34.1 Å². The summed E-state index contributed by atoms with van der Waals surface area (Å²) < 4.78 is 5.68. The van der Waals surface area contributed by atoms with Gasteiger partial charge in [-0.05, 0) is 44.9 Å². The van der Waals surface area contributed by atoms with Gasteiger partial charge in [-0.1, -0.05) is 13.8 Å². The number of rotatable bonds is 8. The molecule has 0 bridgehead atoms. The SMILES string of the molecule is Cc1ncccc1OCCCCCNC(C)C. The molecule has 3 heteroatoms. The van der Waals surface area contributed by atoms with Crippen molar-refractivity contribution in [2.75, 3.05) is 13.2 Å². The molecule has 17 heavy (non-hydrogen) atoms. The molecule has 1 aromatic heterocycles. The first-order valence-electron chi connectivity index (χ1n) is 6.48. The van der Waals surface area contributed by atoms with E-state index in [2.05, 4.69) is 24.1 Å². The predicted molar refractivity (Wildman–Crippen MR) is 71.5 cm³/mol. The molecule has 0 aromatic carbocycles. The predicted octanol–water partition coefficient (Wildman–Crippen LogP) is 2.94. The molecule has 0 aliphatic rings. The molecule has 1 aromatic rings. The van der Waals surface area contributed by atoms with Crippen LogP contribution in [0.3, 0.4) is 0 Å². The first-order chi connectivity index (χ1) is 8.20. The van der Waals surface area contributed by atoms with Crippen LogP contribution in [0.4, 0.5) is 0 Å². The van der Waals surface area contributed by atoms with Gasteiger partial charge in [0.15, 0.2) is 0 Å². The molecule has 0 aliphatic heterocycles. The summed E-state index contributed by atoms with van der Waals surface area (Å²) in [4.78, 5) is 4.19. The molecular formula is C14H24N2O. The summed E-state index contributed by atoms with van der Waals surface area (Å²) in [6.45, 7) is 8.21. The summed E-state index contributed by atoms with van der Waals surface area (Å²) >= 11 is 0. The molecule has 0 radical (unpaired) electrons. The normalized spacial score (nSPS) is 10.8. The van der Waals surface area contributed by atoms with Crippen LogP contribution in [0.15, 0.2) is 18.3 Å². The number of nitrogens with zero attached hydrogens (tertiary/aromatic N) is 1. The van der Waals surface area contributed by atoms with Crippen molar-refractivity contribution in [3.63, 3.8) is 0 Å². The molecule has 1 heterocycles. The molecule has 0 atom stereocenters. The quantitative estimate of drug-likeness (QED) is 0.705. The Labute approximate surface area is 105 Å². The lowest BCUT2D eigenvalue weighted by atomic mass is 10.2. The van der Waals surface area contributed by atoms with E-state index in [1.54, 1.807) is 6.20 Å². The second-order valence-electron chi connectivity index (χ2n) is 4.60. The lowest BCUT2D eigenvalue weighted by molar-refractivity contribution is 0.301. The molecule has 1 N–H and O–H groups in total. The van der Waals surface area contributed by atoms with E-state index in [0.29, 0.717) is 6.04 Å². The molecular weight excluding hydrogens is 212 g/mol. The number of pyridine rings is 1. The largest absolute Gasteiger partial charge is 0.492 e. The van der Waals surface area contributed by atoms with Crippen LogP contribution in [-0.4, -0.2) is 24.2 Å². The van der Waals surface area contributed by atoms with Crippen molar-refractivity contribution in [1.82, 2.24) is 10.3 Å². The molecule has 3 nitrogen and oxygen atoms in total. The third-order valence-corrected chi connectivity index (χ3v) is 2.59. The van der Waals surface area contributed by atoms with E-state index in [1.165, 1.54) is 12.8 Å². The number of ether oxygens (including phenoxy) is 1. The Morgan fingerprint density at radius 2 is 2.12 bits per heavy atom. The standard InChI is InChI=1S/C14H24N2O/c1-12(2)15-9-5-4-6-11-17-14-8-7-10-16-13(14)3/h7-8,10,12,15H,4-6,9,11H2,1-3H3. The molecule has 0 saturated heterocycles. The fourth-order valence-electron chi connectivity index (χ4n) is 1.60. The van der Waals surface area contributed by atoms with Crippen LogP contribution in [0.25, 0.3) is 0 Å². The van der Waals surface area contributed by atoms with Crippen LogP contribution in [0.2, 0.25) is 0 Å². The van der Waals surface area contributed by atoms with Gasteiger partial charge in [0.05, 0.1) is 12.3 Å². The molecule has 0 aliphatic carbocycles. The number of nitrogens with one attached hydrogen (secondary N) is 1. The Bertz CT molecular complexity index is 313. The van der Waals surface area contributed by atoms with E-state index in [1.807, 2.05) is 19.1 Å². The van der Waals surface area contributed by atoms with Gasteiger partial charge in [0.1, 0.15) is 5.75 Å². The summed E-state index contributed by atoms with van der Waals surface area (Å²) in [6, 6.07) is 4.47. The Morgan fingerprint density at radius 1 is 1.29 bits per heavy atom. The maximum absolute atomic E-state index is 5.68. The number of hydrogen-bond acceptors (Lipinski definition) is 3. The van der Waals surface area contributed by atoms with Crippen molar-refractivity contribution >= 4 is 0 Å². The maximum Gasteiger partial charge on any atom is 0.140 e. The second-order valence-corrected chi connectivity index (χ2v) is 4.60. The monoisotopic (exact) mass is 236 g/mol. The highest BCUT2D eigenvalue weighted by atomic mass is 16.5. The van der Waals surface area contributed by atoms with Gasteiger partial charge in [-0.3, -0.25) is 4.98 Å². The molecule has 0 amide bonds. The minimum absolute atomic E-state index is 0.587. The minimum atomic E-state index is 0.587. The summed E-state index contributed by atoms with van der Waals surface area (Å²) in [5.41, 5.74) is 0.967. The minimum Gasteiger partial charge on any atom is -0.492 e. The smallest absolute Gasteiger partial charge is 0.140 e. The Morgan fingerprint density at radius 3 is 2.82 bits per heavy atom. The van der Waals surface area contributed by atoms with Crippen LogP contribution in [0.1, 0.15) is 38.8 Å². The molecule has 0 spiro atoms. The van der Waals surface area contributed by atoms with E-state index < -0.39 is 0 Å². The fourth-order valence-corrected chi connectivity index (χ4v) is 1.60. The van der Waals surface area contributed by atoms with Crippen LogP contribution in [0, 0.1) is 6.92 Å².